The molecule has 0 radical (unpaired) electrons. The van der Waals surface area contributed by atoms with Crippen LogP contribution >= 0.6 is 0 Å². The molecule has 3 rings (SSSR count). The summed E-state index contributed by atoms with van der Waals surface area (Å²) in [4.78, 5) is 12.4. The van der Waals surface area contributed by atoms with Gasteiger partial charge in [-0.25, -0.2) is 8.42 Å². The molecular formula is C20H21NO5S. The summed E-state index contributed by atoms with van der Waals surface area (Å²) in [5, 5.41) is 0.443. The van der Waals surface area contributed by atoms with Crippen molar-refractivity contribution in [2.24, 2.45) is 0 Å². The predicted octanol–water partition coefficient (Wildman–Crippen LogP) is 4.01. The lowest BCUT2D eigenvalue weighted by Crippen LogP contribution is -2.16. The fourth-order valence-electron chi connectivity index (χ4n) is 2.67. The zero-order valence-corrected chi connectivity index (χ0v) is 16.0. The van der Waals surface area contributed by atoms with Gasteiger partial charge < -0.3 is 9.15 Å². The number of hydrogen-bond donors (Lipinski definition) is 1. The van der Waals surface area contributed by atoms with Gasteiger partial charge in [0, 0.05) is 17.3 Å². The standard InChI is InChI=1S/C20H21NO5S/c1-3-4-11-27(23,24)21-15-7-5-14(6-8-15)20-13-18(22)17-12-16(25-2)9-10-19(17)26-20/h5-10,12-13,21H,3-4,11H2,1-2H3. The molecule has 2 aromatic carbocycles. The van der Waals surface area contributed by atoms with Gasteiger partial charge in [0.05, 0.1) is 18.2 Å². The fraction of sp³-hybridized carbons (Fsp3) is 0.250. The van der Waals surface area contributed by atoms with E-state index in [2.05, 4.69) is 4.72 Å². The highest BCUT2D eigenvalue weighted by Gasteiger charge is 2.11. The van der Waals surface area contributed by atoms with E-state index < -0.39 is 10.0 Å². The van der Waals surface area contributed by atoms with E-state index in [1.165, 1.54) is 13.2 Å². The van der Waals surface area contributed by atoms with Crippen molar-refractivity contribution in [1.29, 1.82) is 0 Å². The Kier molecular flexibility index (Phi) is 5.51. The Morgan fingerprint density at radius 2 is 1.81 bits per heavy atom. The first kappa shape index (κ1) is 19.0. The van der Waals surface area contributed by atoms with Crippen molar-refractivity contribution in [2.45, 2.75) is 19.8 Å². The molecule has 0 bridgehead atoms. The lowest BCUT2D eigenvalue weighted by molar-refractivity contribution is 0.415. The molecule has 0 amide bonds. The van der Waals surface area contributed by atoms with Crippen molar-refractivity contribution >= 4 is 26.7 Å². The maximum Gasteiger partial charge on any atom is 0.232 e. The molecule has 3 aromatic rings. The molecule has 1 heterocycles. The van der Waals surface area contributed by atoms with Gasteiger partial charge in [0.2, 0.25) is 10.0 Å². The van der Waals surface area contributed by atoms with Crippen molar-refractivity contribution in [3.8, 4) is 17.1 Å². The van der Waals surface area contributed by atoms with E-state index in [0.717, 1.165) is 6.42 Å². The van der Waals surface area contributed by atoms with Crippen LogP contribution in [0.3, 0.4) is 0 Å². The van der Waals surface area contributed by atoms with Crippen LogP contribution in [0.2, 0.25) is 0 Å². The van der Waals surface area contributed by atoms with Crippen LogP contribution in [0.25, 0.3) is 22.3 Å². The number of benzene rings is 2. The molecule has 0 aliphatic rings. The van der Waals surface area contributed by atoms with E-state index >= 15 is 0 Å². The molecule has 0 spiro atoms. The molecule has 1 aromatic heterocycles. The number of fused-ring (bicyclic) bond motifs is 1. The highest BCUT2D eigenvalue weighted by Crippen LogP contribution is 2.25. The molecule has 7 heteroatoms. The van der Waals surface area contributed by atoms with E-state index in [-0.39, 0.29) is 11.2 Å². The summed E-state index contributed by atoms with van der Waals surface area (Å²) < 4.78 is 37.5. The number of methoxy groups -OCH3 is 1. The summed E-state index contributed by atoms with van der Waals surface area (Å²) in [5.41, 5.74) is 1.45. The zero-order valence-electron chi connectivity index (χ0n) is 15.2. The van der Waals surface area contributed by atoms with Crippen molar-refractivity contribution in [3.05, 3.63) is 58.8 Å². The van der Waals surface area contributed by atoms with Crippen LogP contribution in [0, 0.1) is 0 Å². The summed E-state index contributed by atoms with van der Waals surface area (Å²) in [6.45, 7) is 1.94. The van der Waals surface area contributed by atoms with Crippen LogP contribution in [0.5, 0.6) is 5.75 Å². The van der Waals surface area contributed by atoms with E-state index in [0.29, 0.717) is 40.2 Å². The largest absolute Gasteiger partial charge is 0.497 e. The van der Waals surface area contributed by atoms with Crippen molar-refractivity contribution in [2.75, 3.05) is 17.6 Å². The second kappa shape index (κ2) is 7.84. The lowest BCUT2D eigenvalue weighted by atomic mass is 10.1. The first-order chi connectivity index (χ1) is 12.9. The summed E-state index contributed by atoms with van der Waals surface area (Å²) in [7, 11) is -1.81. The van der Waals surface area contributed by atoms with Gasteiger partial charge in [-0.2, -0.15) is 0 Å². The number of nitrogens with one attached hydrogen (secondary N) is 1. The Balaban J connectivity index is 1.88. The van der Waals surface area contributed by atoms with Gasteiger partial charge in [-0.05, 0) is 48.9 Å². The molecule has 0 aliphatic heterocycles. The van der Waals surface area contributed by atoms with Crippen LogP contribution in [0.1, 0.15) is 19.8 Å². The Labute approximate surface area is 157 Å². The first-order valence-corrected chi connectivity index (χ1v) is 10.3. The Morgan fingerprint density at radius 3 is 2.48 bits per heavy atom. The summed E-state index contributed by atoms with van der Waals surface area (Å²) >= 11 is 0. The van der Waals surface area contributed by atoms with E-state index in [1.54, 1.807) is 42.5 Å². The molecule has 6 nitrogen and oxygen atoms in total. The molecule has 0 atom stereocenters. The lowest BCUT2D eigenvalue weighted by Gasteiger charge is -2.09. The van der Waals surface area contributed by atoms with Crippen LogP contribution < -0.4 is 14.9 Å². The second-order valence-corrected chi connectivity index (χ2v) is 8.03. The summed E-state index contributed by atoms with van der Waals surface area (Å²) in [5.74, 6) is 1.09. The number of hydrogen-bond acceptors (Lipinski definition) is 5. The smallest absolute Gasteiger partial charge is 0.232 e. The van der Waals surface area contributed by atoms with Gasteiger partial charge in [0.1, 0.15) is 17.1 Å². The van der Waals surface area contributed by atoms with Crippen LogP contribution in [0.4, 0.5) is 5.69 Å². The fourth-order valence-corrected chi connectivity index (χ4v) is 3.94. The summed E-state index contributed by atoms with van der Waals surface area (Å²) in [6, 6.07) is 13.2. The van der Waals surface area contributed by atoms with Crippen molar-refractivity contribution < 1.29 is 17.6 Å². The SMILES string of the molecule is CCCCS(=O)(=O)Nc1ccc(-c2cc(=O)c3cc(OC)ccc3o2)cc1. The number of unbranched alkanes of at least 4 members (excludes halogenated alkanes) is 1. The number of ether oxygens (including phenoxy) is 1. The average Bonchev–Trinajstić information content (AvgIpc) is 2.66. The molecule has 0 aliphatic carbocycles. The molecule has 1 N–H and O–H groups in total. The first-order valence-electron chi connectivity index (χ1n) is 8.64. The van der Waals surface area contributed by atoms with Crippen LogP contribution in [-0.4, -0.2) is 21.3 Å². The molecule has 27 heavy (non-hydrogen) atoms. The van der Waals surface area contributed by atoms with E-state index in [1.807, 2.05) is 6.92 Å². The quantitative estimate of drug-likeness (QED) is 0.662. The van der Waals surface area contributed by atoms with Crippen molar-refractivity contribution in [3.63, 3.8) is 0 Å². The Hall–Kier alpha value is -2.80. The van der Waals surface area contributed by atoms with Crippen molar-refractivity contribution in [1.82, 2.24) is 0 Å². The zero-order chi connectivity index (χ0) is 19.4. The normalized spacial score (nSPS) is 11.5. The highest BCUT2D eigenvalue weighted by molar-refractivity contribution is 7.92. The summed E-state index contributed by atoms with van der Waals surface area (Å²) in [6.07, 6.45) is 1.42. The molecule has 0 saturated carbocycles. The van der Waals surface area contributed by atoms with Gasteiger partial charge in [-0.15, -0.1) is 0 Å². The number of sulfonamides is 1. The minimum absolute atomic E-state index is 0.0915. The maximum atomic E-state index is 12.4. The number of rotatable bonds is 7. The van der Waals surface area contributed by atoms with Gasteiger partial charge in [-0.1, -0.05) is 13.3 Å². The van der Waals surface area contributed by atoms with E-state index in [4.69, 9.17) is 9.15 Å². The molecular weight excluding hydrogens is 366 g/mol. The van der Waals surface area contributed by atoms with Gasteiger partial charge in [0.15, 0.2) is 5.43 Å². The molecule has 0 unspecified atom stereocenters. The third-order valence-corrected chi connectivity index (χ3v) is 5.52. The third kappa shape index (κ3) is 4.49. The second-order valence-electron chi connectivity index (χ2n) is 6.19. The van der Waals surface area contributed by atoms with Gasteiger partial charge in [0.25, 0.3) is 0 Å². The van der Waals surface area contributed by atoms with Crippen LogP contribution in [-0.2, 0) is 10.0 Å². The van der Waals surface area contributed by atoms with Gasteiger partial charge in [-0.3, -0.25) is 9.52 Å². The van der Waals surface area contributed by atoms with Crippen LogP contribution in [0.15, 0.2) is 57.7 Å². The minimum atomic E-state index is -3.35. The van der Waals surface area contributed by atoms with E-state index in [9.17, 15) is 13.2 Å². The Bertz CT molecular complexity index is 1100. The minimum Gasteiger partial charge on any atom is -0.497 e. The maximum absolute atomic E-state index is 12.4. The third-order valence-electron chi connectivity index (χ3n) is 4.14. The van der Waals surface area contributed by atoms with Gasteiger partial charge >= 0.3 is 0 Å². The predicted molar refractivity (Wildman–Crippen MR) is 107 cm³/mol. The average molecular weight is 387 g/mol. The number of anilines is 1. The topological polar surface area (TPSA) is 85.6 Å². The molecule has 142 valence electrons. The highest BCUT2D eigenvalue weighted by atomic mass is 32.2. The molecule has 0 saturated heterocycles. The Morgan fingerprint density at radius 1 is 1.07 bits per heavy atom. The molecule has 0 fully saturated rings. The monoisotopic (exact) mass is 387 g/mol.